The number of carbonyl (C=O) groups is 1. The van der Waals surface area contributed by atoms with Crippen LogP contribution in [0.3, 0.4) is 0 Å². The molecule has 0 aromatic heterocycles. The van der Waals surface area contributed by atoms with Gasteiger partial charge in [0.15, 0.2) is 5.79 Å². The molecule has 0 amide bonds. The van der Waals surface area contributed by atoms with Crippen molar-refractivity contribution in [1.82, 2.24) is 0 Å². The number of hydrogen-bond acceptors (Lipinski definition) is 3. The summed E-state index contributed by atoms with van der Waals surface area (Å²) < 4.78 is 12.6. The van der Waals surface area contributed by atoms with Gasteiger partial charge in [0.05, 0.1) is 13.2 Å². The maximum absolute atomic E-state index is 12.6. The Labute approximate surface area is 137 Å². The fourth-order valence-electron chi connectivity index (χ4n) is 5.90. The van der Waals surface area contributed by atoms with Gasteiger partial charge in [0.1, 0.15) is 5.78 Å². The monoisotopic (exact) mass is 312 g/mol. The van der Waals surface area contributed by atoms with E-state index < -0.39 is 5.79 Å². The Morgan fingerprint density at radius 2 is 2.00 bits per heavy atom. The predicted molar refractivity (Wildman–Crippen MR) is 86.3 cm³/mol. The van der Waals surface area contributed by atoms with Gasteiger partial charge >= 0.3 is 0 Å². The van der Waals surface area contributed by atoms with Crippen LogP contribution in [0.4, 0.5) is 0 Å². The molecule has 2 bridgehead atoms. The first-order valence-electron chi connectivity index (χ1n) is 8.85. The predicted octanol–water partition coefficient (Wildman–Crippen LogP) is 3.40. The van der Waals surface area contributed by atoms with E-state index in [1.165, 1.54) is 22.3 Å². The standard InChI is InChI=1S/C20H24O3/c1-12-4-5-14-17-13(12)7-9-22-20(17)10-15-18(2,3)16(21)6-8-19(14,15)11-23-20/h4-5,15H,6-11H2,1-3H3/t15-,19-,20-/m0/s1. The zero-order chi connectivity index (χ0) is 16.0. The van der Waals surface area contributed by atoms with Crippen molar-refractivity contribution in [2.24, 2.45) is 11.3 Å². The van der Waals surface area contributed by atoms with Crippen molar-refractivity contribution in [2.75, 3.05) is 13.2 Å². The molecule has 122 valence electrons. The molecule has 1 saturated carbocycles. The fraction of sp³-hybridized carbons (Fsp3) is 0.650. The van der Waals surface area contributed by atoms with Crippen LogP contribution in [0.15, 0.2) is 12.1 Å². The summed E-state index contributed by atoms with van der Waals surface area (Å²) in [7, 11) is 0. The molecule has 3 atom stereocenters. The van der Waals surface area contributed by atoms with Crippen molar-refractivity contribution in [3.05, 3.63) is 34.4 Å². The summed E-state index contributed by atoms with van der Waals surface area (Å²) >= 11 is 0. The normalized spacial score (nSPS) is 39.8. The molecule has 23 heavy (non-hydrogen) atoms. The Kier molecular flexibility index (Phi) is 2.51. The van der Waals surface area contributed by atoms with Gasteiger partial charge in [-0.1, -0.05) is 26.0 Å². The highest BCUT2D eigenvalue weighted by Gasteiger charge is 2.66. The van der Waals surface area contributed by atoms with Gasteiger partial charge in [-0.15, -0.1) is 0 Å². The Bertz CT molecular complexity index is 735. The van der Waals surface area contributed by atoms with Crippen molar-refractivity contribution in [3.8, 4) is 0 Å². The van der Waals surface area contributed by atoms with E-state index in [-0.39, 0.29) is 10.8 Å². The smallest absolute Gasteiger partial charge is 0.195 e. The van der Waals surface area contributed by atoms with Gasteiger partial charge in [-0.25, -0.2) is 0 Å². The topological polar surface area (TPSA) is 35.5 Å². The van der Waals surface area contributed by atoms with E-state index in [2.05, 4.69) is 32.9 Å². The molecule has 2 spiro atoms. The second kappa shape index (κ2) is 4.07. The summed E-state index contributed by atoms with van der Waals surface area (Å²) in [6.07, 6.45) is 3.40. The molecule has 2 aliphatic carbocycles. The average Bonchev–Trinajstić information content (AvgIpc) is 2.54. The summed E-state index contributed by atoms with van der Waals surface area (Å²) in [6, 6.07) is 4.57. The highest BCUT2D eigenvalue weighted by molar-refractivity contribution is 5.86. The third-order valence-corrected chi connectivity index (χ3v) is 7.24. The number of ether oxygens (including phenoxy) is 2. The molecule has 0 radical (unpaired) electrons. The van der Waals surface area contributed by atoms with Crippen LogP contribution in [0.2, 0.25) is 0 Å². The molecular formula is C20H24O3. The van der Waals surface area contributed by atoms with E-state index in [9.17, 15) is 4.79 Å². The van der Waals surface area contributed by atoms with Gasteiger partial charge < -0.3 is 9.47 Å². The zero-order valence-electron chi connectivity index (χ0n) is 14.2. The molecule has 1 aromatic rings. The average molecular weight is 312 g/mol. The Morgan fingerprint density at radius 1 is 1.17 bits per heavy atom. The number of ketones is 1. The van der Waals surface area contributed by atoms with Crippen LogP contribution in [0.5, 0.6) is 0 Å². The minimum atomic E-state index is -0.601. The largest absolute Gasteiger partial charge is 0.345 e. The summed E-state index contributed by atoms with van der Waals surface area (Å²) in [5.41, 5.74) is 5.22. The second-order valence-corrected chi connectivity index (χ2v) is 8.48. The van der Waals surface area contributed by atoms with Crippen LogP contribution in [0.1, 0.15) is 55.4 Å². The van der Waals surface area contributed by atoms with Gasteiger partial charge in [-0.2, -0.15) is 0 Å². The molecule has 3 heterocycles. The molecule has 0 N–H and O–H groups in total. The van der Waals surface area contributed by atoms with Crippen molar-refractivity contribution in [2.45, 2.75) is 57.7 Å². The maximum Gasteiger partial charge on any atom is 0.195 e. The Morgan fingerprint density at radius 3 is 2.83 bits per heavy atom. The number of aryl methyl sites for hydroxylation is 1. The minimum Gasteiger partial charge on any atom is -0.345 e. The van der Waals surface area contributed by atoms with Crippen LogP contribution in [0.25, 0.3) is 0 Å². The van der Waals surface area contributed by atoms with Crippen LogP contribution in [0, 0.1) is 18.3 Å². The minimum absolute atomic E-state index is 0.00234. The van der Waals surface area contributed by atoms with Crippen molar-refractivity contribution >= 4 is 5.78 Å². The van der Waals surface area contributed by atoms with E-state index >= 15 is 0 Å². The van der Waals surface area contributed by atoms with E-state index in [0.717, 1.165) is 19.3 Å². The molecular weight excluding hydrogens is 288 g/mol. The SMILES string of the molecule is Cc1ccc2c3c1CCO[C@]31C[C@H]3C(C)(C)C(=O)CC[C@]23CO1. The lowest BCUT2D eigenvalue weighted by Gasteiger charge is -2.64. The number of rotatable bonds is 0. The van der Waals surface area contributed by atoms with E-state index in [4.69, 9.17) is 9.47 Å². The third-order valence-electron chi connectivity index (χ3n) is 7.24. The molecule has 1 saturated heterocycles. The number of Topliss-reactive ketones (excluding diaryl/α,β-unsaturated/α-hetero) is 1. The lowest BCUT2D eigenvalue weighted by Crippen LogP contribution is -2.65. The lowest BCUT2D eigenvalue weighted by atomic mass is 9.46. The summed E-state index contributed by atoms with van der Waals surface area (Å²) in [5, 5.41) is 0. The molecule has 3 heteroatoms. The first kappa shape index (κ1) is 14.2. The van der Waals surface area contributed by atoms with Crippen molar-refractivity contribution in [3.63, 3.8) is 0 Å². The van der Waals surface area contributed by atoms with Crippen LogP contribution < -0.4 is 0 Å². The Hall–Kier alpha value is -1.19. The molecule has 0 unspecified atom stereocenters. The van der Waals surface area contributed by atoms with E-state index in [1.54, 1.807) is 0 Å². The zero-order valence-corrected chi connectivity index (χ0v) is 14.2. The first-order chi connectivity index (χ1) is 10.9. The summed E-state index contributed by atoms with van der Waals surface area (Å²) in [5.74, 6) is 0.115. The number of benzene rings is 1. The van der Waals surface area contributed by atoms with E-state index in [0.29, 0.717) is 31.3 Å². The second-order valence-electron chi connectivity index (χ2n) is 8.48. The highest BCUT2D eigenvalue weighted by atomic mass is 16.7. The summed E-state index contributed by atoms with van der Waals surface area (Å²) in [4.78, 5) is 12.6. The van der Waals surface area contributed by atoms with Crippen LogP contribution in [-0.2, 0) is 31.9 Å². The van der Waals surface area contributed by atoms with Gasteiger partial charge in [-0.05, 0) is 42.4 Å². The Balaban J connectivity index is 1.82. The summed E-state index contributed by atoms with van der Waals surface area (Å²) in [6.45, 7) is 7.88. The van der Waals surface area contributed by atoms with Gasteiger partial charge in [0.2, 0.25) is 0 Å². The van der Waals surface area contributed by atoms with Crippen LogP contribution >= 0.6 is 0 Å². The quantitative estimate of drug-likeness (QED) is 0.736. The fourth-order valence-corrected chi connectivity index (χ4v) is 5.90. The molecule has 2 fully saturated rings. The maximum atomic E-state index is 12.6. The molecule has 3 aliphatic heterocycles. The lowest BCUT2D eigenvalue weighted by molar-refractivity contribution is -0.319. The molecule has 1 aromatic carbocycles. The van der Waals surface area contributed by atoms with Gasteiger partial charge in [0, 0.05) is 29.2 Å². The van der Waals surface area contributed by atoms with Crippen LogP contribution in [-0.4, -0.2) is 19.0 Å². The number of hydrogen-bond donors (Lipinski definition) is 0. The van der Waals surface area contributed by atoms with Gasteiger partial charge in [0.25, 0.3) is 0 Å². The first-order valence-corrected chi connectivity index (χ1v) is 8.85. The third kappa shape index (κ3) is 1.47. The van der Waals surface area contributed by atoms with Crippen molar-refractivity contribution < 1.29 is 14.3 Å². The molecule has 3 nitrogen and oxygen atoms in total. The van der Waals surface area contributed by atoms with Gasteiger partial charge in [-0.3, -0.25) is 4.79 Å². The van der Waals surface area contributed by atoms with E-state index in [1.807, 2.05) is 0 Å². The number of fused-ring (bicyclic) bond motifs is 1. The highest BCUT2D eigenvalue weighted by Crippen LogP contribution is 2.65. The van der Waals surface area contributed by atoms with Crippen molar-refractivity contribution in [1.29, 1.82) is 0 Å². The number of carbonyl (C=O) groups excluding carboxylic acids is 1. The molecule has 6 rings (SSSR count). The molecule has 5 aliphatic rings.